The summed E-state index contributed by atoms with van der Waals surface area (Å²) in [4.78, 5) is 0. The number of aliphatic hydroxyl groups excluding tert-OH is 1. The Bertz CT molecular complexity index is 101. The van der Waals surface area contributed by atoms with Crippen molar-refractivity contribution in [2.75, 3.05) is 0 Å². The van der Waals surface area contributed by atoms with Crippen LogP contribution in [-0.2, 0) is 0 Å². The fourth-order valence-corrected chi connectivity index (χ4v) is 1.89. The highest BCUT2D eigenvalue weighted by molar-refractivity contribution is 4.76. The second kappa shape index (κ2) is 3.38. The van der Waals surface area contributed by atoms with E-state index in [1.54, 1.807) is 0 Å². The number of hydrogen-bond donors (Lipinski definition) is 1. The van der Waals surface area contributed by atoms with Gasteiger partial charge >= 0.3 is 0 Å². The van der Waals surface area contributed by atoms with Crippen LogP contribution in [0.5, 0.6) is 0 Å². The van der Waals surface area contributed by atoms with E-state index in [0.29, 0.717) is 5.92 Å². The van der Waals surface area contributed by atoms with Gasteiger partial charge in [0.05, 0.1) is 6.10 Å². The first-order chi connectivity index (χ1) is 4.74. The molecule has 1 aliphatic rings. The molecule has 0 aromatic carbocycles. The standard InChI is InChI=1S/C9H18O/c1-3-8-5-4-7(2)6-9(8)10/h7-10H,3-6H2,1-2H3. The fraction of sp³-hybridized carbons (Fsp3) is 1.00. The fourth-order valence-electron chi connectivity index (χ4n) is 1.89. The third-order valence-corrected chi connectivity index (χ3v) is 2.74. The van der Waals surface area contributed by atoms with Crippen LogP contribution in [0.25, 0.3) is 0 Å². The summed E-state index contributed by atoms with van der Waals surface area (Å²) < 4.78 is 0. The highest BCUT2D eigenvalue weighted by Crippen LogP contribution is 2.30. The van der Waals surface area contributed by atoms with Crippen molar-refractivity contribution in [1.82, 2.24) is 0 Å². The molecule has 1 rings (SSSR count). The predicted octanol–water partition coefficient (Wildman–Crippen LogP) is 2.19. The van der Waals surface area contributed by atoms with Gasteiger partial charge in [0.25, 0.3) is 0 Å². The molecule has 0 heterocycles. The Morgan fingerprint density at radius 3 is 2.60 bits per heavy atom. The molecular formula is C9H18O. The average Bonchev–Trinajstić information content (AvgIpc) is 1.88. The Hall–Kier alpha value is -0.0400. The summed E-state index contributed by atoms with van der Waals surface area (Å²) in [5, 5.41) is 9.54. The maximum atomic E-state index is 9.54. The third-order valence-electron chi connectivity index (χ3n) is 2.74. The van der Waals surface area contributed by atoms with Crippen LogP contribution >= 0.6 is 0 Å². The summed E-state index contributed by atoms with van der Waals surface area (Å²) in [7, 11) is 0. The minimum Gasteiger partial charge on any atom is -0.393 e. The van der Waals surface area contributed by atoms with E-state index < -0.39 is 0 Å². The lowest BCUT2D eigenvalue weighted by Gasteiger charge is -2.30. The third kappa shape index (κ3) is 1.72. The molecule has 3 atom stereocenters. The summed E-state index contributed by atoms with van der Waals surface area (Å²) in [5.41, 5.74) is 0. The van der Waals surface area contributed by atoms with Gasteiger partial charge in [0.2, 0.25) is 0 Å². The van der Waals surface area contributed by atoms with Gasteiger partial charge in [-0.05, 0) is 24.7 Å². The van der Waals surface area contributed by atoms with Gasteiger partial charge in [-0.3, -0.25) is 0 Å². The molecule has 1 saturated carbocycles. The van der Waals surface area contributed by atoms with Crippen molar-refractivity contribution in [3.05, 3.63) is 0 Å². The molecule has 1 nitrogen and oxygen atoms in total. The van der Waals surface area contributed by atoms with Crippen molar-refractivity contribution in [1.29, 1.82) is 0 Å². The van der Waals surface area contributed by atoms with Gasteiger partial charge in [-0.2, -0.15) is 0 Å². The van der Waals surface area contributed by atoms with E-state index in [9.17, 15) is 5.11 Å². The first-order valence-corrected chi connectivity index (χ1v) is 4.42. The van der Waals surface area contributed by atoms with Crippen LogP contribution in [0.2, 0.25) is 0 Å². The van der Waals surface area contributed by atoms with Gasteiger partial charge in [0, 0.05) is 0 Å². The van der Waals surface area contributed by atoms with Gasteiger partial charge in [-0.25, -0.2) is 0 Å². The number of hydrogen-bond acceptors (Lipinski definition) is 1. The van der Waals surface area contributed by atoms with Crippen molar-refractivity contribution in [3.63, 3.8) is 0 Å². The van der Waals surface area contributed by atoms with Crippen molar-refractivity contribution < 1.29 is 5.11 Å². The number of aliphatic hydroxyl groups is 1. The maximum Gasteiger partial charge on any atom is 0.0570 e. The summed E-state index contributed by atoms with van der Waals surface area (Å²) in [6.07, 6.45) is 4.72. The zero-order valence-electron chi connectivity index (χ0n) is 7.01. The Labute approximate surface area is 63.4 Å². The zero-order chi connectivity index (χ0) is 7.56. The molecule has 0 radical (unpaired) electrons. The molecule has 0 saturated heterocycles. The molecule has 0 bridgehead atoms. The highest BCUT2D eigenvalue weighted by Gasteiger charge is 2.24. The van der Waals surface area contributed by atoms with Gasteiger partial charge in [-0.1, -0.05) is 26.7 Å². The van der Waals surface area contributed by atoms with Crippen molar-refractivity contribution >= 4 is 0 Å². The molecule has 10 heavy (non-hydrogen) atoms. The highest BCUT2D eigenvalue weighted by atomic mass is 16.3. The Kier molecular flexibility index (Phi) is 2.72. The monoisotopic (exact) mass is 142 g/mol. The zero-order valence-corrected chi connectivity index (χ0v) is 7.01. The second-order valence-electron chi connectivity index (χ2n) is 3.65. The average molecular weight is 142 g/mol. The molecule has 1 heteroatoms. The molecule has 0 aliphatic heterocycles. The van der Waals surface area contributed by atoms with Gasteiger partial charge < -0.3 is 5.11 Å². The Balaban J connectivity index is 2.36. The molecule has 0 spiro atoms. The van der Waals surface area contributed by atoms with Crippen molar-refractivity contribution in [2.45, 2.75) is 45.6 Å². The lowest BCUT2D eigenvalue weighted by molar-refractivity contribution is 0.0472. The molecule has 0 aromatic heterocycles. The summed E-state index contributed by atoms with van der Waals surface area (Å²) in [5.74, 6) is 1.34. The topological polar surface area (TPSA) is 20.2 Å². The quantitative estimate of drug-likeness (QED) is 0.595. The van der Waals surface area contributed by atoms with E-state index in [0.717, 1.165) is 18.8 Å². The lowest BCUT2D eigenvalue weighted by Crippen LogP contribution is -2.27. The van der Waals surface area contributed by atoms with Crippen LogP contribution in [0.1, 0.15) is 39.5 Å². The van der Waals surface area contributed by atoms with E-state index in [1.807, 2.05) is 0 Å². The van der Waals surface area contributed by atoms with Crippen LogP contribution in [0.15, 0.2) is 0 Å². The Morgan fingerprint density at radius 1 is 1.40 bits per heavy atom. The Morgan fingerprint density at radius 2 is 2.10 bits per heavy atom. The molecular weight excluding hydrogens is 124 g/mol. The molecule has 1 N–H and O–H groups in total. The lowest BCUT2D eigenvalue weighted by atomic mass is 9.79. The largest absolute Gasteiger partial charge is 0.393 e. The summed E-state index contributed by atoms with van der Waals surface area (Å²) in [6.45, 7) is 4.40. The van der Waals surface area contributed by atoms with E-state index >= 15 is 0 Å². The molecule has 0 amide bonds. The van der Waals surface area contributed by atoms with Crippen molar-refractivity contribution in [2.24, 2.45) is 11.8 Å². The molecule has 60 valence electrons. The van der Waals surface area contributed by atoms with E-state index in [2.05, 4.69) is 13.8 Å². The first kappa shape index (κ1) is 8.06. The van der Waals surface area contributed by atoms with Crippen LogP contribution < -0.4 is 0 Å². The predicted molar refractivity (Wildman–Crippen MR) is 42.8 cm³/mol. The van der Waals surface area contributed by atoms with Crippen molar-refractivity contribution in [3.8, 4) is 0 Å². The molecule has 3 unspecified atom stereocenters. The van der Waals surface area contributed by atoms with Gasteiger partial charge in [-0.15, -0.1) is 0 Å². The summed E-state index contributed by atoms with van der Waals surface area (Å²) in [6, 6.07) is 0. The van der Waals surface area contributed by atoms with Gasteiger partial charge in [0.1, 0.15) is 0 Å². The van der Waals surface area contributed by atoms with Crippen LogP contribution in [0.4, 0.5) is 0 Å². The molecule has 1 aliphatic carbocycles. The SMILES string of the molecule is CCC1CCC(C)CC1O. The second-order valence-corrected chi connectivity index (χ2v) is 3.65. The minimum absolute atomic E-state index is 0.00579. The van der Waals surface area contributed by atoms with Crippen LogP contribution in [-0.4, -0.2) is 11.2 Å². The molecule has 1 fully saturated rings. The maximum absolute atomic E-state index is 9.54. The van der Waals surface area contributed by atoms with Crippen LogP contribution in [0.3, 0.4) is 0 Å². The number of rotatable bonds is 1. The van der Waals surface area contributed by atoms with E-state index in [4.69, 9.17) is 0 Å². The first-order valence-electron chi connectivity index (χ1n) is 4.42. The van der Waals surface area contributed by atoms with E-state index in [1.165, 1.54) is 12.8 Å². The van der Waals surface area contributed by atoms with Crippen LogP contribution in [0, 0.1) is 11.8 Å². The van der Waals surface area contributed by atoms with E-state index in [-0.39, 0.29) is 6.10 Å². The summed E-state index contributed by atoms with van der Waals surface area (Å²) >= 11 is 0. The van der Waals surface area contributed by atoms with Gasteiger partial charge in [0.15, 0.2) is 0 Å². The smallest absolute Gasteiger partial charge is 0.0570 e. The minimum atomic E-state index is -0.00579. The molecule has 0 aromatic rings. The normalized spacial score (nSPS) is 41.7.